The highest BCUT2D eigenvalue weighted by molar-refractivity contribution is 5.81. The first kappa shape index (κ1) is 22.2. The molecule has 0 aliphatic carbocycles. The zero-order valence-corrected chi connectivity index (χ0v) is 17.2. The molecule has 0 atom stereocenters. The van der Waals surface area contributed by atoms with Gasteiger partial charge in [0.2, 0.25) is 5.91 Å². The lowest BCUT2D eigenvalue weighted by Crippen LogP contribution is -2.35. The number of aliphatic carboxylic acids is 1. The third-order valence-corrected chi connectivity index (χ3v) is 5.27. The summed E-state index contributed by atoms with van der Waals surface area (Å²) in [5, 5.41) is 9.40. The number of amides is 1. The number of hydrogen-bond acceptors (Lipinski definition) is 5. The third-order valence-electron chi connectivity index (χ3n) is 5.27. The van der Waals surface area contributed by atoms with E-state index in [-0.39, 0.29) is 17.9 Å². The van der Waals surface area contributed by atoms with Gasteiger partial charge in [0.1, 0.15) is 0 Å². The summed E-state index contributed by atoms with van der Waals surface area (Å²) in [7, 11) is 0. The number of nitrogens with two attached hydrogens (primary N) is 1. The van der Waals surface area contributed by atoms with Gasteiger partial charge in [-0.3, -0.25) is 19.3 Å². The lowest BCUT2D eigenvalue weighted by molar-refractivity contribution is -0.143. The molecule has 0 unspecified atom stereocenters. The van der Waals surface area contributed by atoms with E-state index in [0.29, 0.717) is 10.9 Å². The van der Waals surface area contributed by atoms with Gasteiger partial charge in [0.25, 0.3) is 5.56 Å². The van der Waals surface area contributed by atoms with Crippen molar-refractivity contribution in [2.75, 3.05) is 13.1 Å². The van der Waals surface area contributed by atoms with E-state index < -0.39 is 11.9 Å². The minimum atomic E-state index is -0.639. The Morgan fingerprint density at radius 1 is 1.10 bits per heavy atom. The van der Waals surface area contributed by atoms with Crippen LogP contribution in [0.25, 0.3) is 10.9 Å². The number of piperidine rings is 1. The minimum Gasteiger partial charge on any atom is -0.481 e. The number of hydrogen-bond donors (Lipinski definition) is 3. The molecular formula is C23H26N4O4. The summed E-state index contributed by atoms with van der Waals surface area (Å²) in [5.41, 5.74) is 7.51. The average molecular weight is 422 g/mol. The first-order valence-electron chi connectivity index (χ1n) is 10.2. The number of nitrogens with zero attached hydrogens (tertiary/aromatic N) is 2. The molecule has 162 valence electrons. The highest BCUT2D eigenvalue weighted by Crippen LogP contribution is 2.19. The number of rotatable bonds is 5. The number of likely N-dealkylation sites (tertiary alicyclic amines) is 1. The van der Waals surface area contributed by atoms with Crippen molar-refractivity contribution in [3.05, 3.63) is 76.3 Å². The third kappa shape index (κ3) is 6.48. The van der Waals surface area contributed by atoms with Crippen molar-refractivity contribution < 1.29 is 14.7 Å². The lowest BCUT2D eigenvalue weighted by Gasteiger charge is -2.29. The molecule has 4 N–H and O–H groups in total. The maximum Gasteiger partial charge on any atom is 0.306 e. The molecule has 1 amide bonds. The Bertz CT molecular complexity index is 1090. The van der Waals surface area contributed by atoms with Gasteiger partial charge in [-0.1, -0.05) is 36.4 Å². The summed E-state index contributed by atoms with van der Waals surface area (Å²) in [4.78, 5) is 41.6. The van der Waals surface area contributed by atoms with E-state index in [2.05, 4.69) is 27.0 Å². The molecular weight excluding hydrogens is 396 g/mol. The molecule has 1 aliphatic heterocycles. The van der Waals surface area contributed by atoms with Crippen LogP contribution in [0.2, 0.25) is 0 Å². The number of carboxylic acids is 1. The fourth-order valence-corrected chi connectivity index (χ4v) is 3.61. The van der Waals surface area contributed by atoms with E-state index in [1.807, 2.05) is 18.2 Å². The lowest BCUT2D eigenvalue weighted by atomic mass is 9.97. The second kappa shape index (κ2) is 10.5. The number of carbonyl (C=O) groups excluding carboxylic acids is 1. The number of carbonyl (C=O) groups is 2. The van der Waals surface area contributed by atoms with Gasteiger partial charge in [0.05, 0.1) is 29.6 Å². The van der Waals surface area contributed by atoms with Crippen molar-refractivity contribution in [2.45, 2.75) is 25.8 Å². The number of H-pyrrole nitrogens is 1. The van der Waals surface area contributed by atoms with Crippen LogP contribution in [0.15, 0.2) is 59.7 Å². The fraction of sp³-hybridized carbons (Fsp3) is 0.304. The van der Waals surface area contributed by atoms with Crippen molar-refractivity contribution in [1.29, 1.82) is 0 Å². The monoisotopic (exact) mass is 422 g/mol. The SMILES string of the molecule is NC(=O)Cc1ccc2c(=O)[nH]cnc2c1.O=C(O)C1CCN(Cc2ccccc2)CC1. The summed E-state index contributed by atoms with van der Waals surface area (Å²) in [6.45, 7) is 2.73. The number of primary amides is 1. The van der Waals surface area contributed by atoms with Crippen molar-refractivity contribution in [3.63, 3.8) is 0 Å². The first-order chi connectivity index (χ1) is 14.9. The molecule has 1 fully saturated rings. The van der Waals surface area contributed by atoms with Crippen LogP contribution >= 0.6 is 0 Å². The smallest absolute Gasteiger partial charge is 0.306 e. The van der Waals surface area contributed by atoms with E-state index in [1.165, 1.54) is 11.9 Å². The van der Waals surface area contributed by atoms with Gasteiger partial charge in [-0.2, -0.15) is 0 Å². The summed E-state index contributed by atoms with van der Waals surface area (Å²) >= 11 is 0. The molecule has 4 rings (SSSR count). The molecule has 0 radical (unpaired) electrons. The highest BCUT2D eigenvalue weighted by Gasteiger charge is 2.24. The van der Waals surface area contributed by atoms with Crippen LogP contribution in [0.4, 0.5) is 0 Å². The van der Waals surface area contributed by atoms with Crippen LogP contribution in [0.5, 0.6) is 0 Å². The Morgan fingerprint density at radius 3 is 2.45 bits per heavy atom. The van der Waals surface area contributed by atoms with Crippen molar-refractivity contribution in [3.8, 4) is 0 Å². The molecule has 2 aromatic carbocycles. The topological polar surface area (TPSA) is 129 Å². The normalized spacial score (nSPS) is 14.6. The molecule has 2 heterocycles. The predicted molar refractivity (Wildman–Crippen MR) is 117 cm³/mol. The van der Waals surface area contributed by atoms with Crippen LogP contribution in [0.3, 0.4) is 0 Å². The number of aromatic amines is 1. The van der Waals surface area contributed by atoms with Gasteiger partial charge >= 0.3 is 5.97 Å². The number of aromatic nitrogens is 2. The molecule has 1 aliphatic rings. The maximum atomic E-state index is 11.3. The van der Waals surface area contributed by atoms with Gasteiger partial charge in [-0.15, -0.1) is 0 Å². The Balaban J connectivity index is 0.000000176. The summed E-state index contributed by atoms with van der Waals surface area (Å²) < 4.78 is 0. The Hall–Kier alpha value is -3.52. The quantitative estimate of drug-likeness (QED) is 0.576. The molecule has 0 saturated carbocycles. The average Bonchev–Trinajstić information content (AvgIpc) is 2.75. The van der Waals surface area contributed by atoms with E-state index in [0.717, 1.165) is 38.0 Å². The summed E-state index contributed by atoms with van der Waals surface area (Å²) in [6, 6.07) is 15.4. The van der Waals surface area contributed by atoms with Gasteiger partial charge in [-0.05, 0) is 49.2 Å². The number of benzene rings is 2. The largest absolute Gasteiger partial charge is 0.481 e. The Labute approximate surface area is 179 Å². The standard InChI is InChI=1S/C13H17NO2.C10H9N3O2/c15-13(16)12-6-8-14(9-7-12)10-11-4-2-1-3-5-11;11-9(14)4-6-1-2-7-8(3-6)12-5-13-10(7)15/h1-5,12H,6-10H2,(H,15,16);1-3,5H,4H2,(H2,11,14)(H,12,13,15). The highest BCUT2D eigenvalue weighted by atomic mass is 16.4. The molecule has 8 heteroatoms. The van der Waals surface area contributed by atoms with Crippen LogP contribution in [-0.4, -0.2) is 44.9 Å². The maximum absolute atomic E-state index is 11.3. The van der Waals surface area contributed by atoms with E-state index in [9.17, 15) is 14.4 Å². The van der Waals surface area contributed by atoms with Crippen molar-refractivity contribution >= 4 is 22.8 Å². The molecule has 3 aromatic rings. The number of carboxylic acid groups (broad SMARTS) is 1. The predicted octanol–water partition coefficient (Wildman–Crippen LogP) is 1.93. The fourth-order valence-electron chi connectivity index (χ4n) is 3.61. The van der Waals surface area contributed by atoms with Crippen LogP contribution < -0.4 is 11.3 Å². The van der Waals surface area contributed by atoms with Gasteiger partial charge in [-0.25, -0.2) is 4.98 Å². The van der Waals surface area contributed by atoms with Crippen LogP contribution in [-0.2, 0) is 22.6 Å². The van der Waals surface area contributed by atoms with Gasteiger partial charge in [0, 0.05) is 6.54 Å². The van der Waals surface area contributed by atoms with Crippen molar-refractivity contribution in [2.24, 2.45) is 11.7 Å². The van der Waals surface area contributed by atoms with Crippen LogP contribution in [0, 0.1) is 5.92 Å². The number of nitrogens with one attached hydrogen (secondary N) is 1. The molecule has 1 saturated heterocycles. The van der Waals surface area contributed by atoms with E-state index in [4.69, 9.17) is 10.8 Å². The second-order valence-corrected chi connectivity index (χ2v) is 7.60. The minimum absolute atomic E-state index is 0.132. The van der Waals surface area contributed by atoms with E-state index >= 15 is 0 Å². The van der Waals surface area contributed by atoms with E-state index in [1.54, 1.807) is 18.2 Å². The summed E-state index contributed by atoms with van der Waals surface area (Å²) in [6.07, 6.45) is 3.05. The van der Waals surface area contributed by atoms with Gasteiger partial charge in [0.15, 0.2) is 0 Å². The molecule has 0 spiro atoms. The molecule has 0 bridgehead atoms. The zero-order valence-electron chi connectivity index (χ0n) is 17.2. The second-order valence-electron chi connectivity index (χ2n) is 7.60. The Kier molecular flexibility index (Phi) is 7.50. The molecule has 31 heavy (non-hydrogen) atoms. The van der Waals surface area contributed by atoms with Crippen LogP contribution in [0.1, 0.15) is 24.0 Å². The zero-order chi connectivity index (χ0) is 22.2. The molecule has 1 aromatic heterocycles. The Morgan fingerprint density at radius 2 is 1.81 bits per heavy atom. The van der Waals surface area contributed by atoms with Gasteiger partial charge < -0.3 is 15.8 Å². The van der Waals surface area contributed by atoms with Crippen molar-refractivity contribution in [1.82, 2.24) is 14.9 Å². The number of fused-ring (bicyclic) bond motifs is 1. The molecule has 8 nitrogen and oxygen atoms in total. The summed E-state index contributed by atoms with van der Waals surface area (Å²) in [5.74, 6) is -1.18. The first-order valence-corrected chi connectivity index (χ1v) is 10.2.